The average molecular weight is 250 g/mol. The molecule has 1 aliphatic rings. The lowest BCUT2D eigenvalue weighted by Gasteiger charge is -2.27. The highest BCUT2D eigenvalue weighted by Gasteiger charge is 2.23. The summed E-state index contributed by atoms with van der Waals surface area (Å²) >= 11 is 0. The van der Waals surface area contributed by atoms with Gasteiger partial charge in [0.25, 0.3) is 5.91 Å². The molecular formula is C13H18N2O3. The van der Waals surface area contributed by atoms with Crippen LogP contribution in [0, 0.1) is 0 Å². The van der Waals surface area contributed by atoms with E-state index in [1.165, 1.54) is 0 Å². The van der Waals surface area contributed by atoms with E-state index in [1.54, 1.807) is 24.1 Å². The van der Waals surface area contributed by atoms with Crippen molar-refractivity contribution >= 4 is 11.6 Å². The monoisotopic (exact) mass is 250 g/mol. The van der Waals surface area contributed by atoms with E-state index in [2.05, 4.69) is 0 Å². The Labute approximate surface area is 106 Å². The second-order valence-corrected chi connectivity index (χ2v) is 4.42. The summed E-state index contributed by atoms with van der Waals surface area (Å²) in [6.07, 6.45) is 0.835. The molecule has 0 saturated carbocycles. The molecule has 1 aromatic rings. The van der Waals surface area contributed by atoms with Crippen molar-refractivity contribution in [1.82, 2.24) is 0 Å². The summed E-state index contributed by atoms with van der Waals surface area (Å²) in [4.78, 5) is 13.1. The first-order valence-electron chi connectivity index (χ1n) is 6.05. The van der Waals surface area contributed by atoms with Crippen LogP contribution in [0.15, 0.2) is 18.2 Å². The summed E-state index contributed by atoms with van der Waals surface area (Å²) < 4.78 is 5.33. The fraction of sp³-hybridized carbons (Fsp3) is 0.462. The van der Waals surface area contributed by atoms with E-state index in [1.807, 2.05) is 6.07 Å². The normalized spacial score (nSPS) is 16.2. The molecule has 1 aromatic carbocycles. The average Bonchev–Trinajstić information content (AvgIpc) is 2.40. The standard InChI is InChI=1S/C13H18N2O3/c1-15-10-7-9(11(16)3-2-6-14)4-5-12(10)18-8-13(15)17/h4-5,7,11,16H,2-3,6,8,14H2,1H3. The van der Waals surface area contributed by atoms with Gasteiger partial charge in [-0.05, 0) is 37.1 Å². The molecule has 3 N–H and O–H groups in total. The molecule has 18 heavy (non-hydrogen) atoms. The third-order valence-electron chi connectivity index (χ3n) is 3.14. The van der Waals surface area contributed by atoms with E-state index in [0.717, 1.165) is 12.0 Å². The van der Waals surface area contributed by atoms with Crippen molar-refractivity contribution in [3.05, 3.63) is 23.8 Å². The van der Waals surface area contributed by atoms with E-state index in [9.17, 15) is 9.90 Å². The number of amides is 1. The molecule has 0 aromatic heterocycles. The first-order valence-corrected chi connectivity index (χ1v) is 6.05. The van der Waals surface area contributed by atoms with E-state index in [4.69, 9.17) is 10.5 Å². The minimum absolute atomic E-state index is 0.0680. The Balaban J connectivity index is 2.23. The minimum atomic E-state index is -0.552. The molecule has 0 fully saturated rings. The van der Waals surface area contributed by atoms with Gasteiger partial charge in [0, 0.05) is 7.05 Å². The summed E-state index contributed by atoms with van der Waals surface area (Å²) in [6, 6.07) is 5.41. The van der Waals surface area contributed by atoms with Gasteiger partial charge in [-0.1, -0.05) is 6.07 Å². The SMILES string of the molecule is CN1C(=O)COc2ccc(C(O)CCCN)cc21. The quantitative estimate of drug-likeness (QED) is 0.829. The molecule has 1 aliphatic heterocycles. The van der Waals surface area contributed by atoms with Crippen LogP contribution in [-0.2, 0) is 4.79 Å². The Morgan fingerprint density at radius 2 is 2.33 bits per heavy atom. The topological polar surface area (TPSA) is 75.8 Å². The Kier molecular flexibility index (Phi) is 3.84. The maximum Gasteiger partial charge on any atom is 0.264 e. The maximum atomic E-state index is 11.5. The lowest BCUT2D eigenvalue weighted by Crippen LogP contribution is -2.35. The highest BCUT2D eigenvalue weighted by atomic mass is 16.5. The molecule has 0 aliphatic carbocycles. The van der Waals surface area contributed by atoms with Gasteiger partial charge in [-0.25, -0.2) is 0 Å². The molecule has 5 nitrogen and oxygen atoms in total. The fourth-order valence-electron chi connectivity index (χ4n) is 1.97. The maximum absolute atomic E-state index is 11.5. The number of ether oxygens (including phenoxy) is 1. The predicted molar refractivity (Wildman–Crippen MR) is 68.6 cm³/mol. The van der Waals surface area contributed by atoms with Crippen LogP contribution in [0.1, 0.15) is 24.5 Å². The third kappa shape index (κ3) is 2.47. The molecule has 0 spiro atoms. The second-order valence-electron chi connectivity index (χ2n) is 4.42. The number of rotatable bonds is 4. The Morgan fingerprint density at radius 1 is 1.56 bits per heavy atom. The molecule has 0 saturated heterocycles. The fourth-order valence-corrected chi connectivity index (χ4v) is 1.97. The van der Waals surface area contributed by atoms with Crippen molar-refractivity contribution in [2.75, 3.05) is 25.1 Å². The van der Waals surface area contributed by atoms with Crippen LogP contribution < -0.4 is 15.4 Å². The van der Waals surface area contributed by atoms with Gasteiger partial charge in [-0.15, -0.1) is 0 Å². The number of carbonyl (C=O) groups excluding carboxylic acids is 1. The first-order chi connectivity index (χ1) is 8.63. The van der Waals surface area contributed by atoms with Gasteiger partial charge in [0.05, 0.1) is 11.8 Å². The summed E-state index contributed by atoms with van der Waals surface area (Å²) in [5.41, 5.74) is 6.91. The van der Waals surface area contributed by atoms with Gasteiger partial charge in [0.2, 0.25) is 0 Å². The number of likely N-dealkylation sites (N-methyl/N-ethyl adjacent to an activating group) is 1. The molecule has 98 valence electrons. The lowest BCUT2D eigenvalue weighted by molar-refractivity contribution is -0.120. The van der Waals surface area contributed by atoms with Crippen LogP contribution in [0.4, 0.5) is 5.69 Å². The lowest BCUT2D eigenvalue weighted by atomic mass is 10.0. The molecule has 5 heteroatoms. The smallest absolute Gasteiger partial charge is 0.264 e. The van der Waals surface area contributed by atoms with Crippen molar-refractivity contribution in [1.29, 1.82) is 0 Å². The molecule has 2 rings (SSSR count). The zero-order chi connectivity index (χ0) is 13.1. The molecule has 1 unspecified atom stereocenters. The minimum Gasteiger partial charge on any atom is -0.482 e. The number of aliphatic hydroxyl groups is 1. The number of fused-ring (bicyclic) bond motifs is 1. The van der Waals surface area contributed by atoms with Gasteiger partial charge in [0.1, 0.15) is 5.75 Å². The summed E-state index contributed by atoms with van der Waals surface area (Å²) in [6.45, 7) is 0.627. The van der Waals surface area contributed by atoms with Crippen molar-refractivity contribution in [3.63, 3.8) is 0 Å². The van der Waals surface area contributed by atoms with E-state index < -0.39 is 6.10 Å². The van der Waals surface area contributed by atoms with E-state index in [0.29, 0.717) is 24.4 Å². The van der Waals surface area contributed by atoms with Gasteiger partial charge < -0.3 is 20.5 Å². The molecule has 0 bridgehead atoms. The van der Waals surface area contributed by atoms with E-state index >= 15 is 0 Å². The Morgan fingerprint density at radius 3 is 3.06 bits per heavy atom. The molecule has 1 atom stereocenters. The third-order valence-corrected chi connectivity index (χ3v) is 3.14. The number of carbonyl (C=O) groups is 1. The van der Waals surface area contributed by atoms with Crippen LogP contribution in [0.5, 0.6) is 5.75 Å². The van der Waals surface area contributed by atoms with Crippen LogP contribution in [0.3, 0.4) is 0 Å². The largest absolute Gasteiger partial charge is 0.482 e. The zero-order valence-electron chi connectivity index (χ0n) is 10.4. The molecular weight excluding hydrogens is 232 g/mol. The summed E-state index contributed by atoms with van der Waals surface area (Å²) in [5.74, 6) is 0.586. The predicted octanol–water partition coefficient (Wildman–Crippen LogP) is 0.814. The first kappa shape index (κ1) is 12.9. The highest BCUT2D eigenvalue weighted by molar-refractivity contribution is 5.97. The van der Waals surface area contributed by atoms with Gasteiger partial charge in [-0.3, -0.25) is 4.79 Å². The van der Waals surface area contributed by atoms with E-state index in [-0.39, 0.29) is 12.5 Å². The number of nitrogens with two attached hydrogens (primary N) is 1. The summed E-state index contributed by atoms with van der Waals surface area (Å²) in [5, 5.41) is 10.0. The van der Waals surface area contributed by atoms with Gasteiger partial charge >= 0.3 is 0 Å². The second kappa shape index (κ2) is 5.37. The number of hydrogen-bond donors (Lipinski definition) is 2. The number of anilines is 1. The van der Waals surface area contributed by atoms with Gasteiger partial charge in [-0.2, -0.15) is 0 Å². The van der Waals surface area contributed by atoms with Crippen molar-refractivity contribution < 1.29 is 14.6 Å². The van der Waals surface area contributed by atoms with Crippen LogP contribution >= 0.6 is 0 Å². The molecule has 1 amide bonds. The Hall–Kier alpha value is -1.59. The van der Waals surface area contributed by atoms with Crippen LogP contribution in [0.25, 0.3) is 0 Å². The zero-order valence-corrected chi connectivity index (χ0v) is 10.4. The van der Waals surface area contributed by atoms with Crippen LogP contribution in [0.2, 0.25) is 0 Å². The van der Waals surface area contributed by atoms with Gasteiger partial charge in [0.15, 0.2) is 6.61 Å². The highest BCUT2D eigenvalue weighted by Crippen LogP contribution is 2.34. The Bertz CT molecular complexity index is 448. The number of nitrogens with zero attached hydrogens (tertiary/aromatic N) is 1. The van der Waals surface area contributed by atoms with Crippen LogP contribution in [-0.4, -0.2) is 31.2 Å². The number of hydrogen-bond acceptors (Lipinski definition) is 4. The number of benzene rings is 1. The van der Waals surface area contributed by atoms with Crippen molar-refractivity contribution in [2.24, 2.45) is 5.73 Å². The van der Waals surface area contributed by atoms with Crippen molar-refractivity contribution in [3.8, 4) is 5.75 Å². The molecule has 1 heterocycles. The molecule has 0 radical (unpaired) electrons. The number of aliphatic hydroxyl groups excluding tert-OH is 1. The van der Waals surface area contributed by atoms with Crippen molar-refractivity contribution in [2.45, 2.75) is 18.9 Å². The summed E-state index contributed by atoms with van der Waals surface area (Å²) in [7, 11) is 1.71.